The molecule has 0 saturated carbocycles. The fourth-order valence-corrected chi connectivity index (χ4v) is 3.75. The smallest absolute Gasteiger partial charge is 0.307 e. The summed E-state index contributed by atoms with van der Waals surface area (Å²) in [6.07, 6.45) is 6.67. The second kappa shape index (κ2) is 15.7. The summed E-state index contributed by atoms with van der Waals surface area (Å²) >= 11 is 12.2. The van der Waals surface area contributed by atoms with Gasteiger partial charge in [0.05, 0.1) is 17.9 Å². The van der Waals surface area contributed by atoms with Gasteiger partial charge in [-0.3, -0.25) is 9.59 Å². The second-order valence-electron chi connectivity index (χ2n) is 8.20. The van der Waals surface area contributed by atoms with Crippen molar-refractivity contribution in [1.82, 2.24) is 0 Å². The number of aliphatic carboxylic acids is 2. The number of carboxylic acid groups (broad SMARTS) is 2. The predicted octanol–water partition coefficient (Wildman–Crippen LogP) is 6.22. The average molecular weight is 575 g/mol. The van der Waals surface area contributed by atoms with Gasteiger partial charge in [0.25, 0.3) is 0 Å². The topological polar surface area (TPSA) is 93.1 Å². The van der Waals surface area contributed by atoms with E-state index in [2.05, 4.69) is 23.7 Å². The zero-order chi connectivity index (χ0) is 28.7. The van der Waals surface area contributed by atoms with Crippen LogP contribution in [0.5, 0.6) is 11.5 Å². The second-order valence-corrected chi connectivity index (χ2v) is 9.02. The molecule has 6 nitrogen and oxygen atoms in total. The lowest BCUT2D eigenvalue weighted by Gasteiger charge is -2.06. The Hall–Kier alpha value is -4.62. The monoisotopic (exact) mass is 574 g/mol. The van der Waals surface area contributed by atoms with Crippen molar-refractivity contribution in [2.75, 3.05) is 13.2 Å². The van der Waals surface area contributed by atoms with E-state index < -0.39 is 11.9 Å². The first-order chi connectivity index (χ1) is 19.3. The first kappa shape index (κ1) is 29.9. The van der Waals surface area contributed by atoms with Crippen molar-refractivity contribution in [3.8, 4) is 35.2 Å². The SMILES string of the molecule is O=C(O)Cc1ccc(OCC=CC#Cc2ccc(C#CC=CCOc3ccc(CC(=O)O)c(Cl)c3)cc2)c(Cl)c1. The lowest BCUT2D eigenvalue weighted by atomic mass is 10.1. The van der Waals surface area contributed by atoms with Crippen molar-refractivity contribution >= 4 is 35.1 Å². The summed E-state index contributed by atoms with van der Waals surface area (Å²) in [5, 5.41) is 18.4. The highest BCUT2D eigenvalue weighted by atomic mass is 35.5. The number of allylic oxidation sites excluding steroid dienone is 2. The number of benzene rings is 3. The zero-order valence-electron chi connectivity index (χ0n) is 21.2. The van der Waals surface area contributed by atoms with E-state index in [1.165, 1.54) is 0 Å². The van der Waals surface area contributed by atoms with Crippen LogP contribution in [0.25, 0.3) is 0 Å². The molecular formula is C32H24Cl2O6. The predicted molar refractivity (Wildman–Crippen MR) is 155 cm³/mol. The molecule has 40 heavy (non-hydrogen) atoms. The van der Waals surface area contributed by atoms with Crippen LogP contribution >= 0.6 is 23.2 Å². The van der Waals surface area contributed by atoms with Gasteiger partial charge in [0.2, 0.25) is 0 Å². The summed E-state index contributed by atoms with van der Waals surface area (Å²) < 4.78 is 11.2. The van der Waals surface area contributed by atoms with Crippen molar-refractivity contribution < 1.29 is 29.3 Å². The first-order valence-electron chi connectivity index (χ1n) is 12.0. The quantitative estimate of drug-likeness (QED) is 0.279. The van der Waals surface area contributed by atoms with Crippen LogP contribution < -0.4 is 9.47 Å². The van der Waals surface area contributed by atoms with Crippen LogP contribution in [0.15, 0.2) is 85.0 Å². The van der Waals surface area contributed by atoms with Crippen LogP contribution in [-0.2, 0) is 22.4 Å². The van der Waals surface area contributed by atoms with E-state index in [1.54, 1.807) is 60.7 Å². The molecule has 0 aromatic heterocycles. The van der Waals surface area contributed by atoms with Gasteiger partial charge in [-0.05, 0) is 84.0 Å². The van der Waals surface area contributed by atoms with E-state index in [-0.39, 0.29) is 19.4 Å². The van der Waals surface area contributed by atoms with Crippen molar-refractivity contribution in [3.05, 3.63) is 117 Å². The summed E-state index contributed by atoms with van der Waals surface area (Å²) in [5.41, 5.74) is 2.82. The molecule has 0 fully saturated rings. The number of hydrogen-bond acceptors (Lipinski definition) is 4. The van der Waals surface area contributed by atoms with Gasteiger partial charge in [0.1, 0.15) is 24.7 Å². The van der Waals surface area contributed by atoms with Gasteiger partial charge in [-0.2, -0.15) is 0 Å². The van der Waals surface area contributed by atoms with Gasteiger partial charge >= 0.3 is 11.9 Å². The highest BCUT2D eigenvalue weighted by molar-refractivity contribution is 6.32. The van der Waals surface area contributed by atoms with Crippen LogP contribution in [0.3, 0.4) is 0 Å². The molecule has 0 radical (unpaired) electrons. The van der Waals surface area contributed by atoms with Crippen LogP contribution in [-0.4, -0.2) is 35.4 Å². The van der Waals surface area contributed by atoms with E-state index >= 15 is 0 Å². The molecule has 2 N–H and O–H groups in total. The Bertz CT molecular complexity index is 1530. The zero-order valence-corrected chi connectivity index (χ0v) is 22.7. The first-order valence-corrected chi connectivity index (χ1v) is 12.7. The molecule has 0 unspecified atom stereocenters. The van der Waals surface area contributed by atoms with E-state index in [1.807, 2.05) is 24.3 Å². The fraction of sp³-hybridized carbons (Fsp3) is 0.125. The Labute approximate surface area is 242 Å². The maximum absolute atomic E-state index is 10.8. The molecule has 0 atom stereocenters. The van der Waals surface area contributed by atoms with Gasteiger partial charge in [-0.1, -0.05) is 59.0 Å². The number of carbonyl (C=O) groups is 2. The lowest BCUT2D eigenvalue weighted by molar-refractivity contribution is -0.137. The Balaban J connectivity index is 1.40. The summed E-state index contributed by atoms with van der Waals surface area (Å²) in [5.74, 6) is 11.1. The van der Waals surface area contributed by atoms with Crippen molar-refractivity contribution in [3.63, 3.8) is 0 Å². The molecule has 3 aromatic rings. The fourth-order valence-electron chi connectivity index (χ4n) is 3.25. The number of ether oxygens (including phenoxy) is 2. The van der Waals surface area contributed by atoms with Crippen LogP contribution in [0.4, 0.5) is 0 Å². The largest absolute Gasteiger partial charge is 0.489 e. The van der Waals surface area contributed by atoms with Gasteiger partial charge in [0, 0.05) is 16.1 Å². The molecule has 0 heterocycles. The van der Waals surface area contributed by atoms with E-state index in [9.17, 15) is 9.59 Å². The van der Waals surface area contributed by atoms with Crippen molar-refractivity contribution in [2.24, 2.45) is 0 Å². The lowest BCUT2D eigenvalue weighted by Crippen LogP contribution is -2.01. The summed E-state index contributed by atoms with van der Waals surface area (Å²) in [7, 11) is 0. The molecule has 8 heteroatoms. The molecule has 0 amide bonds. The Morgan fingerprint density at radius 3 is 1.88 bits per heavy atom. The van der Waals surface area contributed by atoms with E-state index in [0.29, 0.717) is 39.3 Å². The summed E-state index contributed by atoms with van der Waals surface area (Å²) in [6, 6.07) is 17.3. The van der Waals surface area contributed by atoms with Gasteiger partial charge in [0.15, 0.2) is 0 Å². The summed E-state index contributed by atoms with van der Waals surface area (Å²) in [6.45, 7) is 0.565. The molecule has 3 aromatic carbocycles. The molecule has 0 aliphatic heterocycles. The number of hydrogen-bond donors (Lipinski definition) is 2. The van der Waals surface area contributed by atoms with Gasteiger partial charge in [-0.25, -0.2) is 0 Å². The molecule has 3 rings (SSSR count). The molecule has 0 aliphatic rings. The average Bonchev–Trinajstić information content (AvgIpc) is 2.91. The minimum Gasteiger partial charge on any atom is -0.489 e. The Morgan fingerprint density at radius 2 is 1.32 bits per heavy atom. The highest BCUT2D eigenvalue weighted by Crippen LogP contribution is 2.26. The van der Waals surface area contributed by atoms with E-state index in [4.69, 9.17) is 42.9 Å². The third-order valence-electron chi connectivity index (χ3n) is 5.12. The minimum absolute atomic E-state index is 0.0947. The van der Waals surface area contributed by atoms with Crippen LogP contribution in [0, 0.1) is 23.7 Å². The molecule has 0 saturated heterocycles. The Morgan fingerprint density at radius 1 is 0.725 bits per heavy atom. The maximum atomic E-state index is 10.8. The Kier molecular flexibility index (Phi) is 11.8. The molecule has 202 valence electrons. The van der Waals surface area contributed by atoms with Crippen LogP contribution in [0.1, 0.15) is 22.3 Å². The van der Waals surface area contributed by atoms with Gasteiger partial charge < -0.3 is 19.7 Å². The third-order valence-corrected chi connectivity index (χ3v) is 5.77. The molecule has 0 bridgehead atoms. The highest BCUT2D eigenvalue weighted by Gasteiger charge is 2.07. The molecule has 0 spiro atoms. The molecule has 0 aliphatic carbocycles. The normalized spacial score (nSPS) is 10.4. The number of halogens is 2. The molecular weight excluding hydrogens is 551 g/mol. The minimum atomic E-state index is -0.942. The standard InChI is InChI=1S/C32H24Cl2O6/c33-28-22-27(15-14-26(28)21-32(37)38)39-17-5-1-3-7-23-9-11-24(12-10-23)8-4-2-6-18-40-30-16-13-25(19-29(30)34)20-31(35)36/h1-2,5-6,9-16,19,22H,17-18,20-21H2,(H,35,36)(H,37,38). The number of rotatable bonds is 10. The van der Waals surface area contributed by atoms with E-state index in [0.717, 1.165) is 11.1 Å². The number of carboxylic acids is 2. The van der Waals surface area contributed by atoms with Gasteiger partial charge in [-0.15, -0.1) is 0 Å². The van der Waals surface area contributed by atoms with Crippen molar-refractivity contribution in [2.45, 2.75) is 12.8 Å². The maximum Gasteiger partial charge on any atom is 0.307 e. The third kappa shape index (κ3) is 10.6. The van der Waals surface area contributed by atoms with Crippen molar-refractivity contribution in [1.29, 1.82) is 0 Å². The summed E-state index contributed by atoms with van der Waals surface area (Å²) in [4.78, 5) is 21.6. The van der Waals surface area contributed by atoms with Crippen LogP contribution in [0.2, 0.25) is 10.0 Å².